The zero-order valence-corrected chi connectivity index (χ0v) is 27.9. The zero-order chi connectivity index (χ0) is 31.0. The molecule has 0 aromatic carbocycles. The van der Waals surface area contributed by atoms with Gasteiger partial charge in [-0.15, -0.1) is 0 Å². The minimum atomic E-state index is -0.284. The van der Waals surface area contributed by atoms with Gasteiger partial charge in [-0.3, -0.25) is 14.4 Å². The van der Waals surface area contributed by atoms with E-state index in [1.165, 1.54) is 0 Å². The molecule has 8 aliphatic carbocycles. The van der Waals surface area contributed by atoms with Gasteiger partial charge in [0.1, 0.15) is 17.3 Å². The first-order chi connectivity index (χ1) is 20.8. The summed E-state index contributed by atoms with van der Waals surface area (Å²) in [4.78, 5) is 42.3. The summed E-state index contributed by atoms with van der Waals surface area (Å²) in [5.74, 6) is 3.66. The van der Waals surface area contributed by atoms with Gasteiger partial charge in [0.25, 0.3) is 0 Å². The molecule has 0 aromatic rings. The maximum absolute atomic E-state index is 15.4. The average Bonchev–Trinajstić information content (AvgIpc) is 3.47. The van der Waals surface area contributed by atoms with Crippen LogP contribution in [0.3, 0.4) is 0 Å². The van der Waals surface area contributed by atoms with Crippen LogP contribution in [0.25, 0.3) is 0 Å². The molecule has 0 radical (unpaired) electrons. The van der Waals surface area contributed by atoms with Crippen LogP contribution in [0.15, 0.2) is 0 Å². The molecule has 244 valence electrons. The van der Waals surface area contributed by atoms with Gasteiger partial charge < -0.3 is 10.2 Å². The molecule has 4 unspecified atom stereocenters. The van der Waals surface area contributed by atoms with Gasteiger partial charge in [0.15, 0.2) is 0 Å². The average molecular weight is 607 g/mol. The third kappa shape index (κ3) is 3.81. The van der Waals surface area contributed by atoms with Gasteiger partial charge >= 0.3 is 0 Å². The molecule has 0 aliphatic heterocycles. The second-order valence-electron chi connectivity index (χ2n) is 18.7. The van der Waals surface area contributed by atoms with Crippen molar-refractivity contribution >= 4 is 17.3 Å². The maximum Gasteiger partial charge on any atom is 0.141 e. The first-order valence-corrected chi connectivity index (χ1v) is 18.8. The van der Waals surface area contributed by atoms with Crippen molar-refractivity contribution in [3.63, 3.8) is 0 Å². The minimum absolute atomic E-state index is 0.00868. The molecule has 8 saturated carbocycles. The topological polar surface area (TPSA) is 91.7 Å². The Labute approximate surface area is 265 Å². The van der Waals surface area contributed by atoms with Crippen LogP contribution in [0.1, 0.15) is 130 Å². The summed E-state index contributed by atoms with van der Waals surface area (Å²) in [5, 5.41) is 22.0. The molecule has 0 amide bonds. The number of hydrogen-bond acceptors (Lipinski definition) is 5. The number of ketones is 3. The van der Waals surface area contributed by atoms with Gasteiger partial charge in [-0.2, -0.15) is 0 Å². The lowest BCUT2D eigenvalue weighted by Crippen LogP contribution is -2.62. The summed E-state index contributed by atoms with van der Waals surface area (Å²) in [6, 6.07) is 0. The maximum atomic E-state index is 15.4. The first kappa shape index (κ1) is 30.3. The van der Waals surface area contributed by atoms with Crippen molar-refractivity contribution in [1.82, 2.24) is 0 Å². The smallest absolute Gasteiger partial charge is 0.141 e. The number of carbonyl (C=O) groups excluding carboxylic acids is 3. The summed E-state index contributed by atoms with van der Waals surface area (Å²) < 4.78 is 0. The second-order valence-corrected chi connectivity index (χ2v) is 18.7. The molecular weight excluding hydrogens is 548 g/mol. The van der Waals surface area contributed by atoms with Gasteiger partial charge in [0.05, 0.1) is 12.2 Å². The minimum Gasteiger partial charge on any atom is -0.393 e. The summed E-state index contributed by atoms with van der Waals surface area (Å²) in [6.07, 6.45) is 14.0. The second kappa shape index (κ2) is 9.97. The number of fused-ring (bicyclic) bond motifs is 10. The lowest BCUT2D eigenvalue weighted by Gasteiger charge is -2.64. The molecule has 8 aliphatic rings. The fraction of sp³-hybridized carbons (Fsp3) is 0.923. The van der Waals surface area contributed by atoms with Gasteiger partial charge in [-0.25, -0.2) is 0 Å². The van der Waals surface area contributed by atoms with E-state index >= 15 is 4.79 Å². The largest absolute Gasteiger partial charge is 0.393 e. The fourth-order valence-electron chi connectivity index (χ4n) is 15.3. The fourth-order valence-corrected chi connectivity index (χ4v) is 15.3. The highest BCUT2D eigenvalue weighted by Gasteiger charge is 2.67. The van der Waals surface area contributed by atoms with Crippen LogP contribution >= 0.6 is 0 Å². The Balaban J connectivity index is 1.15. The molecule has 8 fully saturated rings. The van der Waals surface area contributed by atoms with E-state index in [-0.39, 0.29) is 74.9 Å². The van der Waals surface area contributed by atoms with Crippen LogP contribution in [0.4, 0.5) is 0 Å². The molecule has 0 bridgehead atoms. The van der Waals surface area contributed by atoms with E-state index in [1.807, 2.05) is 0 Å². The molecule has 0 aromatic heterocycles. The normalized spacial score (nSPS) is 58.2. The van der Waals surface area contributed by atoms with E-state index in [4.69, 9.17) is 0 Å². The molecule has 5 nitrogen and oxygen atoms in total. The van der Waals surface area contributed by atoms with Crippen molar-refractivity contribution < 1.29 is 24.6 Å². The zero-order valence-electron chi connectivity index (χ0n) is 27.9. The Hall–Kier alpha value is -1.07. The van der Waals surface area contributed by atoms with Crippen LogP contribution in [-0.4, -0.2) is 39.8 Å². The van der Waals surface area contributed by atoms with Crippen molar-refractivity contribution in [2.75, 3.05) is 0 Å². The Morgan fingerprint density at radius 1 is 0.545 bits per heavy atom. The van der Waals surface area contributed by atoms with E-state index in [0.717, 1.165) is 77.0 Å². The number of rotatable bonds is 2. The van der Waals surface area contributed by atoms with Crippen molar-refractivity contribution in [2.45, 2.75) is 143 Å². The number of Topliss-reactive ketones (excluding diaryl/α,β-unsaturated/α-hetero) is 3. The van der Waals surface area contributed by atoms with Gasteiger partial charge in [0.2, 0.25) is 0 Å². The van der Waals surface area contributed by atoms with Crippen LogP contribution in [0.5, 0.6) is 0 Å². The standard InChI is InChI=1S/C39H58O5/c1-36-15-13-29-25(27(36)9-11-33(36)42)7-5-21-17-23(40)19-31(38(21,29)3)35(44)32-20-24(41)18-22-6-8-26-28-10-12-34(43)37(28,2)16-14-30(26)39(22,32)4/h21-22,25-34,42-43H,5-20H2,1-4H3/t21?,22?,25-,26-,27-,28-,29-,30-,31?,32?,33-,34-,36-,37-,38-,39-/m0/s1. The predicted molar refractivity (Wildman–Crippen MR) is 168 cm³/mol. The van der Waals surface area contributed by atoms with Crippen LogP contribution < -0.4 is 0 Å². The van der Waals surface area contributed by atoms with E-state index in [0.29, 0.717) is 61.2 Å². The van der Waals surface area contributed by atoms with Crippen molar-refractivity contribution in [2.24, 2.45) is 80.8 Å². The lowest BCUT2D eigenvalue weighted by molar-refractivity contribution is -0.183. The van der Waals surface area contributed by atoms with Gasteiger partial charge in [-0.1, -0.05) is 27.7 Å². The van der Waals surface area contributed by atoms with Crippen LogP contribution in [0, 0.1) is 80.8 Å². The lowest BCUT2D eigenvalue weighted by atomic mass is 9.39. The predicted octanol–water partition coefficient (Wildman–Crippen LogP) is 6.95. The highest BCUT2D eigenvalue weighted by Crippen LogP contribution is 2.70. The van der Waals surface area contributed by atoms with Crippen molar-refractivity contribution in [3.05, 3.63) is 0 Å². The molecule has 44 heavy (non-hydrogen) atoms. The highest BCUT2D eigenvalue weighted by molar-refractivity contribution is 5.95. The molecule has 8 rings (SSSR count). The monoisotopic (exact) mass is 606 g/mol. The Morgan fingerprint density at radius 2 is 0.955 bits per heavy atom. The van der Waals surface area contributed by atoms with Crippen molar-refractivity contribution in [3.8, 4) is 0 Å². The molecule has 5 heteroatoms. The van der Waals surface area contributed by atoms with Crippen LogP contribution in [-0.2, 0) is 14.4 Å². The molecule has 16 atom stereocenters. The quantitative estimate of drug-likeness (QED) is 0.355. The molecule has 0 saturated heterocycles. The van der Waals surface area contributed by atoms with Crippen LogP contribution in [0.2, 0.25) is 0 Å². The Bertz CT molecular complexity index is 1150. The highest BCUT2D eigenvalue weighted by atomic mass is 16.3. The van der Waals surface area contributed by atoms with E-state index in [2.05, 4.69) is 27.7 Å². The summed E-state index contributed by atoms with van der Waals surface area (Å²) >= 11 is 0. The summed E-state index contributed by atoms with van der Waals surface area (Å²) in [5.41, 5.74) is -0.426. The third-order valence-corrected chi connectivity index (χ3v) is 17.8. The molecule has 2 N–H and O–H groups in total. The summed E-state index contributed by atoms with van der Waals surface area (Å²) in [6.45, 7) is 9.44. The SMILES string of the molecule is C[C@]12C(CC[C@@H]3[C@@H]1CC[C@]1(C)[C@@H](O)CC[C@@H]31)CC(=O)CC2C(=O)C1CC(=O)CC2CC[C@@H]3[C@H](CC[C@]4(C)[C@@H](O)CC[C@@H]34)[C@]21C. The number of hydrogen-bond donors (Lipinski definition) is 2. The third-order valence-electron chi connectivity index (χ3n) is 17.8. The number of aliphatic hydroxyl groups is 2. The van der Waals surface area contributed by atoms with E-state index < -0.39 is 0 Å². The Morgan fingerprint density at radius 3 is 1.36 bits per heavy atom. The molecule has 0 heterocycles. The van der Waals surface area contributed by atoms with E-state index in [1.54, 1.807) is 0 Å². The molecular formula is C39H58O5. The van der Waals surface area contributed by atoms with Crippen molar-refractivity contribution in [1.29, 1.82) is 0 Å². The number of carbonyl (C=O) groups is 3. The Kier molecular flexibility index (Phi) is 6.86. The number of aliphatic hydroxyl groups excluding tert-OH is 2. The van der Waals surface area contributed by atoms with Gasteiger partial charge in [0, 0.05) is 37.5 Å². The summed E-state index contributed by atoms with van der Waals surface area (Å²) in [7, 11) is 0. The molecule has 0 spiro atoms. The van der Waals surface area contributed by atoms with Gasteiger partial charge in [-0.05, 0) is 146 Å². The first-order valence-electron chi connectivity index (χ1n) is 18.8. The van der Waals surface area contributed by atoms with E-state index in [9.17, 15) is 19.8 Å².